The largest absolute Gasteiger partial charge is 0.383 e. The molecule has 0 unspecified atom stereocenters. The minimum absolute atomic E-state index is 0.191. The van der Waals surface area contributed by atoms with Crippen molar-refractivity contribution in [1.29, 1.82) is 0 Å². The van der Waals surface area contributed by atoms with E-state index in [2.05, 4.69) is 16.5 Å². The van der Waals surface area contributed by atoms with E-state index in [4.69, 9.17) is 16.2 Å². The fourth-order valence-corrected chi connectivity index (χ4v) is 1.58. The zero-order valence-electron chi connectivity index (χ0n) is 8.44. The van der Waals surface area contributed by atoms with Crippen LogP contribution in [0.5, 0.6) is 0 Å². The maximum Gasteiger partial charge on any atom is 0.221 e. The Morgan fingerprint density at radius 1 is 1.53 bits per heavy atom. The molecule has 0 spiro atoms. The first kappa shape index (κ1) is 9.92. The number of nitrogen functional groups attached to an aromatic ring is 2. The first-order valence-corrected chi connectivity index (χ1v) is 4.81. The van der Waals surface area contributed by atoms with Gasteiger partial charge in [0.25, 0.3) is 0 Å². The summed E-state index contributed by atoms with van der Waals surface area (Å²) in [5.41, 5.74) is 11.7. The van der Waals surface area contributed by atoms with Crippen molar-refractivity contribution in [1.82, 2.24) is 9.97 Å². The summed E-state index contributed by atoms with van der Waals surface area (Å²) >= 11 is 0. The zero-order chi connectivity index (χ0) is 10.9. The highest BCUT2D eigenvalue weighted by atomic mass is 16.5. The molecular formula is C10H14N4O. The SMILES string of the molecule is C=CCOC1(c2cnc(N)nc2N)CC1. The molecule has 1 aromatic rings. The number of ether oxygens (including phenoxy) is 1. The molecule has 1 fully saturated rings. The van der Waals surface area contributed by atoms with Gasteiger partial charge in [0.1, 0.15) is 5.82 Å². The molecule has 80 valence electrons. The van der Waals surface area contributed by atoms with Crippen LogP contribution in [-0.2, 0) is 10.3 Å². The number of anilines is 2. The number of hydrogen-bond acceptors (Lipinski definition) is 5. The topological polar surface area (TPSA) is 87.0 Å². The Hall–Kier alpha value is -1.62. The average molecular weight is 206 g/mol. The van der Waals surface area contributed by atoms with Gasteiger partial charge < -0.3 is 16.2 Å². The van der Waals surface area contributed by atoms with Crippen LogP contribution in [0.3, 0.4) is 0 Å². The highest BCUT2D eigenvalue weighted by Gasteiger charge is 2.47. The second-order valence-electron chi connectivity index (χ2n) is 3.62. The monoisotopic (exact) mass is 206 g/mol. The second-order valence-corrected chi connectivity index (χ2v) is 3.62. The molecule has 5 nitrogen and oxygen atoms in total. The van der Waals surface area contributed by atoms with Gasteiger partial charge >= 0.3 is 0 Å². The predicted octanol–water partition coefficient (Wildman–Crippen LogP) is 0.833. The minimum Gasteiger partial charge on any atom is -0.383 e. The molecule has 1 aliphatic rings. The van der Waals surface area contributed by atoms with Gasteiger partial charge in [-0.15, -0.1) is 6.58 Å². The van der Waals surface area contributed by atoms with Gasteiger partial charge in [0, 0.05) is 11.8 Å². The lowest BCUT2D eigenvalue weighted by Crippen LogP contribution is -2.16. The lowest BCUT2D eigenvalue weighted by atomic mass is 10.1. The number of rotatable bonds is 4. The molecular weight excluding hydrogens is 192 g/mol. The molecule has 0 aliphatic heterocycles. The predicted molar refractivity (Wildman–Crippen MR) is 57.9 cm³/mol. The van der Waals surface area contributed by atoms with Crippen LogP contribution in [0.2, 0.25) is 0 Å². The number of nitrogens with two attached hydrogens (primary N) is 2. The van der Waals surface area contributed by atoms with Gasteiger partial charge in [0.2, 0.25) is 5.95 Å². The molecule has 1 aromatic heterocycles. The second kappa shape index (κ2) is 3.51. The normalized spacial score (nSPS) is 17.3. The van der Waals surface area contributed by atoms with Gasteiger partial charge in [0.05, 0.1) is 12.2 Å². The lowest BCUT2D eigenvalue weighted by Gasteiger charge is -2.16. The smallest absolute Gasteiger partial charge is 0.221 e. The summed E-state index contributed by atoms with van der Waals surface area (Å²) in [6, 6.07) is 0. The van der Waals surface area contributed by atoms with E-state index in [0.29, 0.717) is 12.4 Å². The third-order valence-corrected chi connectivity index (χ3v) is 2.51. The Labute approximate surface area is 88.2 Å². The van der Waals surface area contributed by atoms with Crippen LogP contribution in [0.15, 0.2) is 18.9 Å². The Kier molecular flexibility index (Phi) is 2.32. The van der Waals surface area contributed by atoms with Crippen LogP contribution < -0.4 is 11.5 Å². The van der Waals surface area contributed by atoms with Gasteiger partial charge in [-0.25, -0.2) is 4.98 Å². The Morgan fingerprint density at radius 3 is 2.80 bits per heavy atom. The maximum atomic E-state index is 5.78. The summed E-state index contributed by atoms with van der Waals surface area (Å²) in [6.07, 6.45) is 5.25. The van der Waals surface area contributed by atoms with Crippen molar-refractivity contribution in [2.24, 2.45) is 0 Å². The van der Waals surface area contributed by atoms with Crippen molar-refractivity contribution >= 4 is 11.8 Å². The van der Waals surface area contributed by atoms with Gasteiger partial charge in [-0.2, -0.15) is 4.98 Å². The van der Waals surface area contributed by atoms with Crippen LogP contribution >= 0.6 is 0 Å². The van der Waals surface area contributed by atoms with E-state index in [1.54, 1.807) is 12.3 Å². The van der Waals surface area contributed by atoms with Crippen LogP contribution in [0, 0.1) is 0 Å². The molecule has 4 N–H and O–H groups in total. The molecule has 1 heterocycles. The Morgan fingerprint density at radius 2 is 2.27 bits per heavy atom. The molecule has 5 heteroatoms. The highest BCUT2D eigenvalue weighted by Crippen LogP contribution is 2.50. The fourth-order valence-electron chi connectivity index (χ4n) is 1.58. The number of hydrogen-bond donors (Lipinski definition) is 2. The summed E-state index contributed by atoms with van der Waals surface area (Å²) in [4.78, 5) is 7.86. The molecule has 15 heavy (non-hydrogen) atoms. The zero-order valence-corrected chi connectivity index (χ0v) is 8.44. The van der Waals surface area contributed by atoms with Gasteiger partial charge in [-0.05, 0) is 12.8 Å². The van der Waals surface area contributed by atoms with Crippen molar-refractivity contribution in [2.75, 3.05) is 18.1 Å². The molecule has 2 rings (SSSR count). The standard InChI is InChI=1S/C10H14N4O/c1-2-5-15-10(3-4-10)7-6-13-9(12)14-8(7)11/h2,6H,1,3-5H2,(H4,11,12,13,14). The van der Waals surface area contributed by atoms with Crippen LogP contribution in [0.4, 0.5) is 11.8 Å². The lowest BCUT2D eigenvalue weighted by molar-refractivity contribution is 0.0509. The van der Waals surface area contributed by atoms with Crippen molar-refractivity contribution < 1.29 is 4.74 Å². The van der Waals surface area contributed by atoms with Crippen molar-refractivity contribution in [3.63, 3.8) is 0 Å². The van der Waals surface area contributed by atoms with E-state index in [9.17, 15) is 0 Å². The minimum atomic E-state index is -0.300. The van der Waals surface area contributed by atoms with Gasteiger partial charge in [-0.1, -0.05) is 6.08 Å². The molecule has 0 aromatic carbocycles. The molecule has 0 atom stereocenters. The Balaban J connectivity index is 2.25. The average Bonchev–Trinajstić information content (AvgIpc) is 2.96. The molecule has 0 saturated heterocycles. The van der Waals surface area contributed by atoms with Crippen LogP contribution in [-0.4, -0.2) is 16.6 Å². The van der Waals surface area contributed by atoms with Crippen molar-refractivity contribution in [3.05, 3.63) is 24.4 Å². The first-order valence-electron chi connectivity index (χ1n) is 4.81. The Bertz CT molecular complexity index is 387. The van der Waals surface area contributed by atoms with Gasteiger partial charge in [-0.3, -0.25) is 0 Å². The van der Waals surface area contributed by atoms with Crippen molar-refractivity contribution in [3.8, 4) is 0 Å². The van der Waals surface area contributed by atoms with E-state index in [-0.39, 0.29) is 11.5 Å². The summed E-state index contributed by atoms with van der Waals surface area (Å²) in [5, 5.41) is 0. The van der Waals surface area contributed by atoms with E-state index in [1.807, 2.05) is 0 Å². The molecule has 0 amide bonds. The summed E-state index contributed by atoms with van der Waals surface area (Å²) in [5.74, 6) is 0.597. The summed E-state index contributed by atoms with van der Waals surface area (Å²) in [7, 11) is 0. The molecule has 1 saturated carbocycles. The third-order valence-electron chi connectivity index (χ3n) is 2.51. The van der Waals surface area contributed by atoms with E-state index < -0.39 is 0 Å². The first-order chi connectivity index (χ1) is 7.18. The van der Waals surface area contributed by atoms with E-state index >= 15 is 0 Å². The molecule has 1 aliphatic carbocycles. The molecule has 0 radical (unpaired) electrons. The quantitative estimate of drug-likeness (QED) is 0.712. The van der Waals surface area contributed by atoms with Crippen LogP contribution in [0.1, 0.15) is 18.4 Å². The van der Waals surface area contributed by atoms with E-state index in [0.717, 1.165) is 18.4 Å². The fraction of sp³-hybridized carbons (Fsp3) is 0.400. The van der Waals surface area contributed by atoms with E-state index in [1.165, 1.54) is 0 Å². The summed E-state index contributed by atoms with van der Waals surface area (Å²) < 4.78 is 5.68. The highest BCUT2D eigenvalue weighted by molar-refractivity contribution is 5.47. The number of nitrogens with zero attached hydrogens (tertiary/aromatic N) is 2. The van der Waals surface area contributed by atoms with Crippen molar-refractivity contribution in [2.45, 2.75) is 18.4 Å². The molecule has 0 bridgehead atoms. The third kappa shape index (κ3) is 1.78. The number of aromatic nitrogens is 2. The maximum absolute atomic E-state index is 5.78. The summed E-state index contributed by atoms with van der Waals surface area (Å²) in [6.45, 7) is 4.12. The van der Waals surface area contributed by atoms with Crippen LogP contribution in [0.25, 0.3) is 0 Å². The van der Waals surface area contributed by atoms with Gasteiger partial charge in [0.15, 0.2) is 0 Å².